The summed E-state index contributed by atoms with van der Waals surface area (Å²) in [5.74, 6) is -0.298. The van der Waals surface area contributed by atoms with Gasteiger partial charge >= 0.3 is 0 Å². The molecule has 2 heterocycles. The van der Waals surface area contributed by atoms with Gasteiger partial charge in [0.2, 0.25) is 0 Å². The van der Waals surface area contributed by atoms with E-state index in [0.29, 0.717) is 11.6 Å². The fourth-order valence-electron chi connectivity index (χ4n) is 1.25. The Labute approximate surface area is 96.6 Å². The Morgan fingerprint density at radius 1 is 1.69 bits per heavy atom. The van der Waals surface area contributed by atoms with Crippen molar-refractivity contribution in [2.75, 3.05) is 0 Å². The number of H-pyrrole nitrogens is 1. The number of nitrogens with zero attached hydrogens (tertiary/aromatic N) is 3. The molecule has 16 heavy (non-hydrogen) atoms. The van der Waals surface area contributed by atoms with Gasteiger partial charge in [0.05, 0.1) is 23.5 Å². The number of carbonyl (C=O) groups is 1. The molecule has 2 N–H and O–H groups in total. The van der Waals surface area contributed by atoms with E-state index in [4.69, 9.17) is 11.6 Å². The van der Waals surface area contributed by atoms with Gasteiger partial charge in [0.1, 0.15) is 5.69 Å². The van der Waals surface area contributed by atoms with Crippen LogP contribution in [0.1, 0.15) is 16.2 Å². The minimum absolute atomic E-state index is 0.262. The van der Waals surface area contributed by atoms with Crippen LogP contribution >= 0.6 is 11.6 Å². The molecular weight excluding hydrogens is 230 g/mol. The number of aromatic nitrogens is 4. The van der Waals surface area contributed by atoms with Crippen molar-refractivity contribution in [3.05, 3.63) is 34.9 Å². The Kier molecular flexibility index (Phi) is 2.91. The summed E-state index contributed by atoms with van der Waals surface area (Å²) in [7, 11) is 1.82. The van der Waals surface area contributed by atoms with Gasteiger partial charge in [-0.15, -0.1) is 0 Å². The zero-order valence-electron chi connectivity index (χ0n) is 8.57. The van der Waals surface area contributed by atoms with Crippen LogP contribution in [-0.4, -0.2) is 25.9 Å². The second-order valence-electron chi connectivity index (χ2n) is 3.26. The SMILES string of the molecule is Cn1ccc(CNC(=O)c2[nH]ncc2Cl)n1. The van der Waals surface area contributed by atoms with Crippen molar-refractivity contribution < 1.29 is 4.79 Å². The van der Waals surface area contributed by atoms with E-state index < -0.39 is 0 Å². The molecule has 0 saturated heterocycles. The van der Waals surface area contributed by atoms with E-state index in [1.807, 2.05) is 19.3 Å². The second kappa shape index (κ2) is 4.36. The van der Waals surface area contributed by atoms with Gasteiger partial charge in [0.15, 0.2) is 0 Å². The molecule has 0 saturated carbocycles. The van der Waals surface area contributed by atoms with Crippen LogP contribution in [0.2, 0.25) is 5.02 Å². The standard InChI is InChI=1S/C9H10ClN5O/c1-15-3-2-6(14-15)4-11-9(16)8-7(10)5-12-13-8/h2-3,5H,4H2,1H3,(H,11,16)(H,12,13). The van der Waals surface area contributed by atoms with Crippen LogP contribution < -0.4 is 5.32 Å². The van der Waals surface area contributed by atoms with Gasteiger partial charge in [-0.05, 0) is 6.07 Å². The van der Waals surface area contributed by atoms with E-state index in [-0.39, 0.29) is 11.6 Å². The number of amides is 1. The van der Waals surface area contributed by atoms with Crippen LogP contribution in [0, 0.1) is 0 Å². The second-order valence-corrected chi connectivity index (χ2v) is 3.66. The van der Waals surface area contributed by atoms with E-state index in [9.17, 15) is 4.79 Å². The number of aryl methyl sites for hydroxylation is 1. The summed E-state index contributed by atoms with van der Waals surface area (Å²) >= 11 is 5.75. The minimum Gasteiger partial charge on any atom is -0.345 e. The van der Waals surface area contributed by atoms with Crippen molar-refractivity contribution in [1.82, 2.24) is 25.3 Å². The monoisotopic (exact) mass is 239 g/mol. The lowest BCUT2D eigenvalue weighted by Crippen LogP contribution is -2.23. The highest BCUT2D eigenvalue weighted by Gasteiger charge is 2.11. The van der Waals surface area contributed by atoms with Gasteiger partial charge in [-0.2, -0.15) is 10.2 Å². The zero-order chi connectivity index (χ0) is 11.5. The predicted molar refractivity (Wildman–Crippen MR) is 58.0 cm³/mol. The van der Waals surface area contributed by atoms with Crippen LogP contribution in [0.25, 0.3) is 0 Å². The Morgan fingerprint density at radius 2 is 2.50 bits per heavy atom. The molecular formula is C9H10ClN5O. The third-order valence-electron chi connectivity index (χ3n) is 2.02. The lowest BCUT2D eigenvalue weighted by molar-refractivity contribution is 0.0945. The van der Waals surface area contributed by atoms with Gasteiger partial charge in [-0.25, -0.2) is 0 Å². The van der Waals surface area contributed by atoms with Crippen molar-refractivity contribution in [2.45, 2.75) is 6.54 Å². The largest absolute Gasteiger partial charge is 0.345 e. The molecule has 0 atom stereocenters. The number of hydrogen-bond acceptors (Lipinski definition) is 3. The molecule has 0 radical (unpaired) electrons. The molecule has 0 fully saturated rings. The summed E-state index contributed by atoms with van der Waals surface area (Å²) in [6.07, 6.45) is 3.20. The van der Waals surface area contributed by atoms with Gasteiger partial charge in [-0.3, -0.25) is 14.6 Å². The van der Waals surface area contributed by atoms with E-state index in [0.717, 1.165) is 5.69 Å². The molecule has 2 aromatic rings. The Hall–Kier alpha value is -1.82. The average Bonchev–Trinajstić information content (AvgIpc) is 2.84. The Bertz CT molecular complexity index is 503. The lowest BCUT2D eigenvalue weighted by atomic mass is 10.4. The van der Waals surface area contributed by atoms with Gasteiger partial charge < -0.3 is 5.32 Å². The Balaban J connectivity index is 1.96. The molecule has 0 unspecified atom stereocenters. The predicted octanol–water partition coefficient (Wildman–Crippen LogP) is 0.727. The summed E-state index contributed by atoms with van der Waals surface area (Å²) in [5.41, 5.74) is 1.05. The van der Waals surface area contributed by atoms with E-state index in [1.165, 1.54) is 6.20 Å². The van der Waals surface area contributed by atoms with Crippen molar-refractivity contribution in [3.63, 3.8) is 0 Å². The number of aromatic amines is 1. The Morgan fingerprint density at radius 3 is 3.06 bits per heavy atom. The first-order chi connectivity index (χ1) is 7.66. The molecule has 0 aromatic carbocycles. The van der Waals surface area contributed by atoms with Crippen LogP contribution in [0.4, 0.5) is 0 Å². The van der Waals surface area contributed by atoms with E-state index in [2.05, 4.69) is 20.6 Å². The number of rotatable bonds is 3. The summed E-state index contributed by atoms with van der Waals surface area (Å²) in [4.78, 5) is 11.6. The van der Waals surface area contributed by atoms with Crippen LogP contribution in [0.15, 0.2) is 18.5 Å². The first kappa shape index (κ1) is 10.7. The summed E-state index contributed by atoms with van der Waals surface area (Å²) in [6.45, 7) is 0.356. The third kappa shape index (κ3) is 2.22. The maximum atomic E-state index is 11.6. The van der Waals surface area contributed by atoms with Crippen LogP contribution in [0.5, 0.6) is 0 Å². The van der Waals surface area contributed by atoms with Gasteiger partial charge in [0, 0.05) is 13.2 Å². The highest BCUT2D eigenvalue weighted by molar-refractivity contribution is 6.33. The number of nitrogens with one attached hydrogen (secondary N) is 2. The molecule has 0 aliphatic heterocycles. The number of carbonyl (C=O) groups excluding carboxylic acids is 1. The normalized spacial score (nSPS) is 10.4. The third-order valence-corrected chi connectivity index (χ3v) is 2.31. The first-order valence-electron chi connectivity index (χ1n) is 4.62. The number of hydrogen-bond donors (Lipinski definition) is 2. The highest BCUT2D eigenvalue weighted by atomic mass is 35.5. The summed E-state index contributed by atoms with van der Waals surface area (Å²) < 4.78 is 1.67. The average molecular weight is 240 g/mol. The molecule has 0 aliphatic rings. The lowest BCUT2D eigenvalue weighted by Gasteiger charge is -2.00. The van der Waals surface area contributed by atoms with Crippen molar-refractivity contribution in [1.29, 1.82) is 0 Å². The van der Waals surface area contributed by atoms with Crippen molar-refractivity contribution in [2.24, 2.45) is 7.05 Å². The zero-order valence-corrected chi connectivity index (χ0v) is 9.32. The fourth-order valence-corrected chi connectivity index (χ4v) is 1.42. The minimum atomic E-state index is -0.298. The summed E-state index contributed by atoms with van der Waals surface area (Å²) in [6, 6.07) is 1.83. The number of halogens is 1. The van der Waals surface area contributed by atoms with E-state index >= 15 is 0 Å². The molecule has 1 amide bonds. The maximum Gasteiger partial charge on any atom is 0.271 e. The van der Waals surface area contributed by atoms with Gasteiger partial charge in [0.25, 0.3) is 5.91 Å². The summed E-state index contributed by atoms with van der Waals surface area (Å²) in [5, 5.41) is 13.3. The fraction of sp³-hybridized carbons (Fsp3) is 0.222. The van der Waals surface area contributed by atoms with Crippen molar-refractivity contribution in [3.8, 4) is 0 Å². The van der Waals surface area contributed by atoms with Crippen LogP contribution in [0.3, 0.4) is 0 Å². The molecule has 0 aliphatic carbocycles. The molecule has 2 rings (SSSR count). The highest BCUT2D eigenvalue weighted by Crippen LogP contribution is 2.10. The molecule has 0 spiro atoms. The maximum absolute atomic E-state index is 11.6. The smallest absolute Gasteiger partial charge is 0.271 e. The van der Waals surface area contributed by atoms with Gasteiger partial charge in [-0.1, -0.05) is 11.6 Å². The van der Waals surface area contributed by atoms with Crippen LogP contribution in [-0.2, 0) is 13.6 Å². The molecule has 2 aromatic heterocycles. The molecule has 84 valence electrons. The van der Waals surface area contributed by atoms with Crippen molar-refractivity contribution >= 4 is 17.5 Å². The molecule has 7 heteroatoms. The molecule has 6 nitrogen and oxygen atoms in total. The first-order valence-corrected chi connectivity index (χ1v) is 5.00. The molecule has 0 bridgehead atoms. The topological polar surface area (TPSA) is 75.6 Å². The van der Waals surface area contributed by atoms with E-state index in [1.54, 1.807) is 4.68 Å². The quantitative estimate of drug-likeness (QED) is 0.829.